The molecule has 0 aliphatic carbocycles. The van der Waals surface area contributed by atoms with Gasteiger partial charge in [-0.2, -0.15) is 28.2 Å². The van der Waals surface area contributed by atoms with Crippen LogP contribution in [0.25, 0.3) is 0 Å². The lowest BCUT2D eigenvalue weighted by molar-refractivity contribution is -0.139. The quantitative estimate of drug-likeness (QED) is 0.256. The van der Waals surface area contributed by atoms with E-state index in [0.29, 0.717) is 73.7 Å². The van der Waals surface area contributed by atoms with Crippen LogP contribution in [0.15, 0.2) is 24.0 Å². The van der Waals surface area contributed by atoms with Gasteiger partial charge in [-0.25, -0.2) is 4.39 Å². The molecule has 4 aliphatic rings. The number of carbonyl (C=O) groups is 1. The van der Waals surface area contributed by atoms with Crippen molar-refractivity contribution in [2.24, 2.45) is 0 Å². The molecule has 268 valence electrons. The van der Waals surface area contributed by atoms with Crippen molar-refractivity contribution >= 4 is 29.0 Å². The van der Waals surface area contributed by atoms with Crippen LogP contribution < -0.4 is 15.4 Å². The van der Waals surface area contributed by atoms with Crippen molar-refractivity contribution < 1.29 is 31.8 Å². The number of halogens is 5. The van der Waals surface area contributed by atoms with E-state index >= 15 is 0 Å². The van der Waals surface area contributed by atoms with Crippen molar-refractivity contribution in [3.8, 4) is 6.01 Å². The number of alkyl halides is 3. The lowest BCUT2D eigenvalue weighted by atomic mass is 9.94. The molecule has 2 fully saturated rings. The number of carbonyl (C=O) groups excluding carboxylic acids is 1. The Kier molecular flexibility index (Phi) is 8.96. The van der Waals surface area contributed by atoms with Crippen LogP contribution in [0.2, 0.25) is 5.02 Å². The van der Waals surface area contributed by atoms with Crippen LogP contribution in [-0.4, -0.2) is 81.3 Å². The Labute approximate surface area is 292 Å². The monoisotopic (exact) mass is 718 g/mol. The Bertz CT molecular complexity index is 1860. The highest BCUT2D eigenvalue weighted by Gasteiger charge is 2.47. The number of nitrogen functional groups attached to an aromatic ring is 1. The molecule has 16 heteroatoms. The molecule has 0 spiro atoms. The SMILES string of the molecule is Cc1c(C(=O)N(C)C)nn2c1CN(c1nc(OC[C@@]34CCCN3C/C(=C\F)C4)nc3c1COC(c1cc(N)cc(Cl)c1C(F)(F)F)C3)CCC2. The minimum absolute atomic E-state index is 0.0115. The van der Waals surface area contributed by atoms with Gasteiger partial charge in [-0.3, -0.25) is 14.4 Å². The van der Waals surface area contributed by atoms with Crippen molar-refractivity contribution in [1.82, 2.24) is 29.5 Å². The van der Waals surface area contributed by atoms with E-state index in [0.717, 1.165) is 36.7 Å². The number of nitrogens with zero attached hydrogens (tertiary/aromatic N) is 7. The van der Waals surface area contributed by atoms with Gasteiger partial charge in [0.25, 0.3) is 5.91 Å². The molecule has 0 bridgehead atoms. The Morgan fingerprint density at radius 3 is 2.74 bits per heavy atom. The fraction of sp³-hybridized carbons (Fsp3) is 0.529. The minimum atomic E-state index is -4.74. The summed E-state index contributed by atoms with van der Waals surface area (Å²) in [4.78, 5) is 28.3. The lowest BCUT2D eigenvalue weighted by Gasteiger charge is -2.33. The Morgan fingerprint density at radius 1 is 1.20 bits per heavy atom. The van der Waals surface area contributed by atoms with E-state index in [1.807, 2.05) is 11.6 Å². The number of hydrogen-bond donors (Lipinski definition) is 1. The molecule has 1 amide bonds. The lowest BCUT2D eigenvalue weighted by Crippen LogP contribution is -2.43. The van der Waals surface area contributed by atoms with E-state index < -0.39 is 22.9 Å². The van der Waals surface area contributed by atoms with Crippen molar-refractivity contribution in [2.45, 2.75) is 76.5 Å². The zero-order valence-electron chi connectivity index (χ0n) is 28.1. The highest BCUT2D eigenvalue weighted by molar-refractivity contribution is 6.31. The molecule has 50 heavy (non-hydrogen) atoms. The van der Waals surface area contributed by atoms with Gasteiger partial charge >= 0.3 is 12.2 Å². The number of benzene rings is 1. The van der Waals surface area contributed by atoms with E-state index in [1.54, 1.807) is 14.1 Å². The maximum Gasteiger partial charge on any atom is 0.418 e. The standard InChI is InChI=1S/C34H39ClF4N8O3/c1-19-26-16-45(7-5-9-47(26)43-29(19)31(48)44(2)3)30-23-17-49-27(22-10-21(40)11-24(35)28(22)34(37,38)39)12-25(23)41-32(42-30)50-18-33-6-4-8-46(33)15-20(13-33)14-36/h10-11,14,27H,4-9,12-13,15-18,40H2,1-3H3/b20-14-/t27?,33-/m0/s1. The topological polar surface area (TPSA) is 115 Å². The normalized spacial score (nSPS) is 23.1. The second-order valence-corrected chi connectivity index (χ2v) is 14.2. The van der Waals surface area contributed by atoms with Crippen LogP contribution in [0.1, 0.15) is 75.9 Å². The third-order valence-electron chi connectivity index (χ3n) is 10.3. The van der Waals surface area contributed by atoms with Crippen LogP contribution in [0.3, 0.4) is 0 Å². The largest absolute Gasteiger partial charge is 0.461 e. The number of hydrogen-bond acceptors (Lipinski definition) is 9. The zero-order chi connectivity index (χ0) is 35.5. The summed E-state index contributed by atoms with van der Waals surface area (Å²) in [5.74, 6) is 0.346. The molecule has 11 nitrogen and oxygen atoms in total. The average Bonchev–Trinajstić information content (AvgIpc) is 3.65. The van der Waals surface area contributed by atoms with Crippen LogP contribution in [0.5, 0.6) is 6.01 Å². The van der Waals surface area contributed by atoms with Crippen LogP contribution >= 0.6 is 11.6 Å². The number of amides is 1. The molecule has 3 aromatic rings. The molecular weight excluding hydrogens is 680 g/mol. The summed E-state index contributed by atoms with van der Waals surface area (Å²) in [6.07, 6.45) is -2.10. The number of rotatable bonds is 6. The van der Waals surface area contributed by atoms with E-state index in [9.17, 15) is 22.4 Å². The van der Waals surface area contributed by atoms with Gasteiger partial charge in [0.1, 0.15) is 12.4 Å². The van der Waals surface area contributed by atoms with E-state index in [2.05, 4.69) is 14.9 Å². The summed E-state index contributed by atoms with van der Waals surface area (Å²) in [6, 6.07) is 2.41. The second kappa shape index (κ2) is 13.0. The van der Waals surface area contributed by atoms with Crippen LogP contribution in [-0.2, 0) is 37.0 Å². The van der Waals surface area contributed by atoms with Crippen molar-refractivity contribution in [2.75, 3.05) is 51.0 Å². The van der Waals surface area contributed by atoms with Gasteiger partial charge in [-0.15, -0.1) is 0 Å². The van der Waals surface area contributed by atoms with Gasteiger partial charge in [-0.1, -0.05) is 11.6 Å². The maximum atomic E-state index is 14.3. The van der Waals surface area contributed by atoms with Gasteiger partial charge in [-0.05, 0) is 62.4 Å². The predicted octanol–water partition coefficient (Wildman–Crippen LogP) is 5.63. The summed E-state index contributed by atoms with van der Waals surface area (Å²) < 4.78 is 70.7. The highest BCUT2D eigenvalue weighted by Crippen LogP contribution is 2.45. The fourth-order valence-electron chi connectivity index (χ4n) is 7.85. The van der Waals surface area contributed by atoms with Gasteiger partial charge in [0, 0.05) is 57.0 Å². The molecule has 2 aromatic heterocycles. The van der Waals surface area contributed by atoms with Crippen molar-refractivity contribution in [3.05, 3.63) is 68.4 Å². The van der Waals surface area contributed by atoms with E-state index in [1.165, 1.54) is 11.0 Å². The molecular formula is C34H39ClF4N8O3. The van der Waals surface area contributed by atoms with Crippen molar-refractivity contribution in [1.29, 1.82) is 0 Å². The van der Waals surface area contributed by atoms with Gasteiger partial charge in [0.2, 0.25) is 0 Å². The number of nitrogens with two attached hydrogens (primary N) is 1. The summed E-state index contributed by atoms with van der Waals surface area (Å²) in [7, 11) is 3.36. The smallest absolute Gasteiger partial charge is 0.418 e. The summed E-state index contributed by atoms with van der Waals surface area (Å²) >= 11 is 6.10. The first-order chi connectivity index (χ1) is 23.8. The molecule has 4 aliphatic heterocycles. The van der Waals surface area contributed by atoms with E-state index in [-0.39, 0.29) is 48.3 Å². The first-order valence-corrected chi connectivity index (χ1v) is 17.0. The number of anilines is 2. The first-order valence-electron chi connectivity index (χ1n) is 16.6. The van der Waals surface area contributed by atoms with Gasteiger partial charge in [0.15, 0.2) is 5.69 Å². The van der Waals surface area contributed by atoms with Gasteiger partial charge in [0.05, 0.1) is 53.1 Å². The molecule has 1 aromatic carbocycles. The molecule has 6 heterocycles. The molecule has 2 N–H and O–H groups in total. The first kappa shape index (κ1) is 34.5. The number of fused-ring (bicyclic) bond motifs is 3. The van der Waals surface area contributed by atoms with Crippen molar-refractivity contribution in [3.63, 3.8) is 0 Å². The summed E-state index contributed by atoms with van der Waals surface area (Å²) in [5, 5.41) is 4.13. The predicted molar refractivity (Wildman–Crippen MR) is 178 cm³/mol. The minimum Gasteiger partial charge on any atom is -0.461 e. The second-order valence-electron chi connectivity index (χ2n) is 13.8. The van der Waals surface area contributed by atoms with Crippen LogP contribution in [0, 0.1) is 6.92 Å². The molecule has 2 atom stereocenters. The summed E-state index contributed by atoms with van der Waals surface area (Å²) in [6.45, 7) is 4.95. The Hall–Kier alpha value is -3.95. The average molecular weight is 719 g/mol. The maximum absolute atomic E-state index is 14.3. The highest BCUT2D eigenvalue weighted by atomic mass is 35.5. The molecule has 0 radical (unpaired) electrons. The summed E-state index contributed by atoms with van der Waals surface area (Å²) in [5.41, 5.74) is 8.34. The Balaban J connectivity index is 1.27. The third-order valence-corrected chi connectivity index (χ3v) is 10.6. The third kappa shape index (κ3) is 6.17. The Morgan fingerprint density at radius 2 is 2.00 bits per heavy atom. The molecule has 2 saturated heterocycles. The number of ether oxygens (including phenoxy) is 2. The number of aryl methyl sites for hydroxylation is 1. The van der Waals surface area contributed by atoms with Crippen LogP contribution in [0.4, 0.5) is 29.1 Å². The zero-order valence-corrected chi connectivity index (χ0v) is 28.9. The molecule has 7 rings (SSSR count). The van der Waals surface area contributed by atoms with Gasteiger partial charge < -0.3 is 25.0 Å². The van der Waals surface area contributed by atoms with E-state index in [4.69, 9.17) is 36.8 Å². The molecule has 1 unspecified atom stereocenters. The fourth-order valence-corrected chi connectivity index (χ4v) is 8.19. The molecule has 0 saturated carbocycles. The number of aromatic nitrogens is 4.